The molecule has 82 valence electrons. The Morgan fingerprint density at radius 2 is 2.33 bits per heavy atom. The zero-order valence-electron chi connectivity index (χ0n) is 7.58. The van der Waals surface area contributed by atoms with E-state index in [9.17, 15) is 9.59 Å². The van der Waals surface area contributed by atoms with Crippen molar-refractivity contribution in [3.63, 3.8) is 0 Å². The van der Waals surface area contributed by atoms with Crippen LogP contribution in [0.15, 0.2) is 0 Å². The van der Waals surface area contributed by atoms with E-state index in [4.69, 9.17) is 10.8 Å². The minimum atomic E-state index is -0.990. The highest BCUT2D eigenvalue weighted by atomic mass is 32.1. The molecule has 0 saturated heterocycles. The standard InChI is InChI=1S/C6H9N5O3S/c7-3(1-2-4(12)13)5(14)8-6-9-10-11-15-6/h3H,1-2,7H2,(H,12,13)(H,8,9,11,14). The third-order valence-electron chi connectivity index (χ3n) is 1.54. The molecule has 0 aromatic carbocycles. The van der Waals surface area contributed by atoms with E-state index in [0.29, 0.717) is 0 Å². The summed E-state index contributed by atoms with van der Waals surface area (Å²) in [6, 6.07) is -0.870. The molecule has 1 unspecified atom stereocenters. The Morgan fingerprint density at radius 3 is 2.87 bits per heavy atom. The summed E-state index contributed by atoms with van der Waals surface area (Å²) in [5, 5.41) is 17.8. The second-order valence-electron chi connectivity index (χ2n) is 2.70. The van der Waals surface area contributed by atoms with Gasteiger partial charge in [-0.3, -0.25) is 14.9 Å². The van der Waals surface area contributed by atoms with Crippen molar-refractivity contribution in [2.75, 3.05) is 5.32 Å². The van der Waals surface area contributed by atoms with Crippen LogP contribution in [-0.2, 0) is 9.59 Å². The van der Waals surface area contributed by atoms with Crippen LogP contribution in [0.5, 0.6) is 0 Å². The topological polar surface area (TPSA) is 131 Å². The van der Waals surface area contributed by atoms with E-state index < -0.39 is 17.9 Å². The Kier molecular flexibility index (Phi) is 4.06. The van der Waals surface area contributed by atoms with E-state index in [1.807, 2.05) is 0 Å². The van der Waals surface area contributed by atoms with E-state index in [1.165, 1.54) is 0 Å². The second-order valence-corrected chi connectivity index (χ2v) is 3.43. The van der Waals surface area contributed by atoms with E-state index in [2.05, 4.69) is 20.1 Å². The number of nitrogens with two attached hydrogens (primary N) is 1. The summed E-state index contributed by atoms with van der Waals surface area (Å²) in [5.74, 6) is -1.48. The van der Waals surface area contributed by atoms with Gasteiger partial charge in [-0.05, 0) is 11.6 Å². The van der Waals surface area contributed by atoms with Gasteiger partial charge in [-0.15, -0.1) is 0 Å². The SMILES string of the molecule is NC(CCC(=O)O)C(=O)Nc1nnns1. The van der Waals surface area contributed by atoms with Crippen LogP contribution in [-0.4, -0.2) is 37.8 Å². The summed E-state index contributed by atoms with van der Waals surface area (Å²) in [4.78, 5) is 21.5. The van der Waals surface area contributed by atoms with Crippen molar-refractivity contribution in [2.45, 2.75) is 18.9 Å². The van der Waals surface area contributed by atoms with Crippen LogP contribution < -0.4 is 11.1 Å². The Balaban J connectivity index is 2.36. The largest absolute Gasteiger partial charge is 0.481 e. The minimum Gasteiger partial charge on any atom is -0.481 e. The normalized spacial score (nSPS) is 12.1. The number of aromatic nitrogens is 3. The van der Waals surface area contributed by atoms with E-state index >= 15 is 0 Å². The maximum absolute atomic E-state index is 11.3. The van der Waals surface area contributed by atoms with Crippen LogP contribution in [0.2, 0.25) is 0 Å². The molecule has 0 bridgehead atoms. The van der Waals surface area contributed by atoms with Gasteiger partial charge in [0.15, 0.2) is 0 Å². The Bertz CT molecular complexity index is 341. The van der Waals surface area contributed by atoms with Crippen LogP contribution in [0, 0.1) is 0 Å². The molecule has 0 spiro atoms. The lowest BCUT2D eigenvalue weighted by atomic mass is 10.1. The number of aliphatic carboxylic acids is 1. The molecule has 1 aromatic heterocycles. The summed E-state index contributed by atoms with van der Waals surface area (Å²) < 4.78 is 3.44. The lowest BCUT2D eigenvalue weighted by molar-refractivity contribution is -0.137. The fourth-order valence-corrected chi connectivity index (χ4v) is 1.16. The summed E-state index contributed by atoms with van der Waals surface area (Å²) >= 11 is 0.917. The van der Waals surface area contributed by atoms with Gasteiger partial charge in [0.1, 0.15) is 0 Å². The minimum absolute atomic E-state index is 0.0768. The average Bonchev–Trinajstić information content (AvgIpc) is 2.66. The molecule has 15 heavy (non-hydrogen) atoms. The molecule has 1 heterocycles. The molecule has 8 nitrogen and oxygen atoms in total. The van der Waals surface area contributed by atoms with Crippen LogP contribution in [0.3, 0.4) is 0 Å². The third-order valence-corrected chi connectivity index (χ3v) is 2.05. The number of nitrogens with one attached hydrogen (secondary N) is 1. The molecular weight excluding hydrogens is 222 g/mol. The monoisotopic (exact) mass is 231 g/mol. The number of carboxylic acid groups (broad SMARTS) is 1. The third kappa shape index (κ3) is 3.95. The van der Waals surface area contributed by atoms with Crippen molar-refractivity contribution in [2.24, 2.45) is 5.73 Å². The number of nitrogens with zero attached hydrogens (tertiary/aromatic N) is 3. The molecule has 9 heteroatoms. The molecule has 0 aliphatic heterocycles. The molecule has 1 aromatic rings. The summed E-state index contributed by atoms with van der Waals surface area (Å²) in [6.07, 6.45) is -0.0731. The number of anilines is 1. The summed E-state index contributed by atoms with van der Waals surface area (Å²) in [5.41, 5.74) is 5.44. The maximum Gasteiger partial charge on any atom is 0.303 e. The molecule has 1 rings (SSSR count). The van der Waals surface area contributed by atoms with Crippen LogP contribution >= 0.6 is 11.5 Å². The highest BCUT2D eigenvalue weighted by Gasteiger charge is 2.16. The first kappa shape index (κ1) is 11.5. The number of amides is 1. The molecule has 1 amide bonds. The highest BCUT2D eigenvalue weighted by molar-refractivity contribution is 7.09. The highest BCUT2D eigenvalue weighted by Crippen LogP contribution is 2.06. The first-order valence-electron chi connectivity index (χ1n) is 4.03. The van der Waals surface area contributed by atoms with E-state index in [0.717, 1.165) is 11.5 Å². The fourth-order valence-electron chi connectivity index (χ4n) is 0.790. The molecule has 0 fully saturated rings. The van der Waals surface area contributed by atoms with Gasteiger partial charge in [-0.2, -0.15) is 0 Å². The van der Waals surface area contributed by atoms with E-state index in [1.54, 1.807) is 0 Å². The number of rotatable bonds is 5. The zero-order chi connectivity index (χ0) is 11.3. The van der Waals surface area contributed by atoms with Gasteiger partial charge in [0, 0.05) is 18.0 Å². The molecule has 1 atom stereocenters. The lowest BCUT2D eigenvalue weighted by Crippen LogP contribution is -2.36. The lowest BCUT2D eigenvalue weighted by Gasteiger charge is -2.07. The number of carbonyl (C=O) groups excluding carboxylic acids is 1. The molecule has 0 aliphatic rings. The fraction of sp³-hybridized carbons (Fsp3) is 0.500. The van der Waals surface area contributed by atoms with Crippen molar-refractivity contribution in [3.8, 4) is 0 Å². The smallest absolute Gasteiger partial charge is 0.303 e. The van der Waals surface area contributed by atoms with Crippen molar-refractivity contribution in [1.82, 2.24) is 14.8 Å². The Hall–Kier alpha value is -1.61. The van der Waals surface area contributed by atoms with Crippen molar-refractivity contribution >= 4 is 28.5 Å². The number of hydrogen-bond acceptors (Lipinski definition) is 7. The van der Waals surface area contributed by atoms with Crippen molar-refractivity contribution in [1.29, 1.82) is 0 Å². The number of hydrogen-bond donors (Lipinski definition) is 3. The molecule has 4 N–H and O–H groups in total. The number of carbonyl (C=O) groups is 2. The van der Waals surface area contributed by atoms with Gasteiger partial charge in [-0.1, -0.05) is 9.59 Å². The molecule has 0 radical (unpaired) electrons. The van der Waals surface area contributed by atoms with Crippen molar-refractivity contribution < 1.29 is 14.7 Å². The average molecular weight is 231 g/mol. The van der Waals surface area contributed by atoms with Crippen molar-refractivity contribution in [3.05, 3.63) is 0 Å². The summed E-state index contributed by atoms with van der Waals surface area (Å²) in [7, 11) is 0. The molecule has 0 aliphatic carbocycles. The quantitative estimate of drug-likeness (QED) is 0.596. The van der Waals surface area contributed by atoms with Crippen LogP contribution in [0.4, 0.5) is 5.13 Å². The van der Waals surface area contributed by atoms with Gasteiger partial charge in [0.05, 0.1) is 6.04 Å². The second kappa shape index (κ2) is 5.32. The Morgan fingerprint density at radius 1 is 1.60 bits per heavy atom. The van der Waals surface area contributed by atoms with Gasteiger partial charge in [-0.25, -0.2) is 0 Å². The van der Waals surface area contributed by atoms with E-state index in [-0.39, 0.29) is 18.0 Å². The van der Waals surface area contributed by atoms with Gasteiger partial charge in [0.2, 0.25) is 11.0 Å². The molecular formula is C6H9N5O3S. The zero-order valence-corrected chi connectivity index (χ0v) is 8.40. The summed E-state index contributed by atoms with van der Waals surface area (Å²) in [6.45, 7) is 0. The van der Waals surface area contributed by atoms with Gasteiger partial charge >= 0.3 is 5.97 Å². The first-order chi connectivity index (χ1) is 7.09. The predicted octanol–water partition coefficient (Wildman–Crippen LogP) is -0.936. The first-order valence-corrected chi connectivity index (χ1v) is 4.80. The maximum atomic E-state index is 11.3. The number of carboxylic acids is 1. The molecule has 0 saturated carbocycles. The Labute approximate surface area is 88.6 Å². The predicted molar refractivity (Wildman–Crippen MR) is 51.2 cm³/mol. The van der Waals surface area contributed by atoms with Crippen LogP contribution in [0.25, 0.3) is 0 Å². The van der Waals surface area contributed by atoms with Crippen LogP contribution in [0.1, 0.15) is 12.8 Å². The van der Waals surface area contributed by atoms with Gasteiger partial charge in [0.25, 0.3) is 0 Å². The van der Waals surface area contributed by atoms with Gasteiger partial charge < -0.3 is 10.8 Å².